The zero-order chi connectivity index (χ0) is 13.8. The number of benzene rings is 2. The fourth-order valence-corrected chi connectivity index (χ4v) is 2.50. The summed E-state index contributed by atoms with van der Waals surface area (Å²) in [6, 6.07) is 21.2. The third-order valence-electron chi connectivity index (χ3n) is 2.89. The fourth-order valence-electron chi connectivity index (χ4n) is 1.90. The van der Waals surface area contributed by atoms with Crippen LogP contribution in [0.5, 0.6) is 5.75 Å². The van der Waals surface area contributed by atoms with E-state index >= 15 is 0 Å². The van der Waals surface area contributed by atoms with E-state index in [4.69, 9.17) is 4.74 Å². The Morgan fingerprint density at radius 3 is 2.15 bits per heavy atom. The first-order valence-electron chi connectivity index (χ1n) is 6.24. The summed E-state index contributed by atoms with van der Waals surface area (Å²) in [4.78, 5) is 12.4. The molecule has 98 valence electrons. The maximum Gasteiger partial charge on any atom is 0.353 e. The maximum atomic E-state index is 11.8. The lowest BCUT2D eigenvalue weighted by atomic mass is 10.1. The molecule has 20 heavy (non-hydrogen) atoms. The zero-order valence-electron chi connectivity index (χ0n) is 10.7. The third-order valence-corrected chi connectivity index (χ3v) is 3.74. The molecule has 0 saturated heterocycles. The quantitative estimate of drug-likeness (QED) is 0.516. The molecule has 3 heteroatoms. The summed E-state index contributed by atoms with van der Waals surface area (Å²) in [5.41, 5.74) is 2.24. The van der Waals surface area contributed by atoms with Crippen LogP contribution in [0.1, 0.15) is 9.67 Å². The molecule has 2 aromatic carbocycles. The second-order valence-corrected chi connectivity index (χ2v) is 5.20. The summed E-state index contributed by atoms with van der Waals surface area (Å²) < 4.78 is 5.32. The van der Waals surface area contributed by atoms with Crippen molar-refractivity contribution in [1.82, 2.24) is 0 Å². The first-order chi connectivity index (χ1) is 9.83. The van der Waals surface area contributed by atoms with Gasteiger partial charge in [-0.2, -0.15) is 0 Å². The van der Waals surface area contributed by atoms with Crippen LogP contribution in [-0.4, -0.2) is 5.97 Å². The lowest BCUT2D eigenvalue weighted by molar-refractivity contribution is 0.0740. The van der Waals surface area contributed by atoms with Crippen LogP contribution in [0.4, 0.5) is 0 Å². The Morgan fingerprint density at radius 1 is 0.800 bits per heavy atom. The van der Waals surface area contributed by atoms with Gasteiger partial charge in [-0.25, -0.2) is 4.79 Å². The third kappa shape index (κ3) is 2.78. The lowest BCUT2D eigenvalue weighted by Crippen LogP contribution is -2.05. The van der Waals surface area contributed by atoms with E-state index in [0.717, 1.165) is 11.1 Å². The van der Waals surface area contributed by atoms with Crippen LogP contribution in [0.15, 0.2) is 72.1 Å². The predicted molar refractivity (Wildman–Crippen MR) is 81.2 cm³/mol. The summed E-state index contributed by atoms with van der Waals surface area (Å²) in [5.74, 6) is 0.246. The molecule has 0 unspecified atom stereocenters. The second-order valence-electron chi connectivity index (χ2n) is 4.26. The van der Waals surface area contributed by atoms with E-state index in [1.165, 1.54) is 11.3 Å². The molecule has 0 aliphatic carbocycles. The van der Waals surface area contributed by atoms with Gasteiger partial charge in [-0.3, -0.25) is 0 Å². The number of ether oxygens (including phenoxy) is 1. The number of rotatable bonds is 3. The van der Waals surface area contributed by atoms with Crippen LogP contribution in [0.3, 0.4) is 0 Å². The van der Waals surface area contributed by atoms with Crippen molar-refractivity contribution in [2.24, 2.45) is 0 Å². The molecule has 0 atom stereocenters. The van der Waals surface area contributed by atoms with Crippen LogP contribution in [0.2, 0.25) is 0 Å². The van der Waals surface area contributed by atoms with Gasteiger partial charge < -0.3 is 4.74 Å². The predicted octanol–water partition coefficient (Wildman–Crippen LogP) is 4.63. The van der Waals surface area contributed by atoms with Gasteiger partial charge in [0.05, 0.1) is 0 Å². The van der Waals surface area contributed by atoms with Gasteiger partial charge in [0, 0.05) is 0 Å². The Labute approximate surface area is 121 Å². The smallest absolute Gasteiger partial charge is 0.353 e. The summed E-state index contributed by atoms with van der Waals surface area (Å²) >= 11 is 1.38. The van der Waals surface area contributed by atoms with Gasteiger partial charge >= 0.3 is 5.97 Å². The van der Waals surface area contributed by atoms with Gasteiger partial charge in [-0.15, -0.1) is 11.3 Å². The van der Waals surface area contributed by atoms with Crippen molar-refractivity contribution in [1.29, 1.82) is 0 Å². The van der Waals surface area contributed by atoms with E-state index in [1.54, 1.807) is 6.07 Å². The Bertz CT molecular complexity index is 686. The lowest BCUT2D eigenvalue weighted by Gasteiger charge is -2.05. The molecule has 1 heterocycles. The first-order valence-corrected chi connectivity index (χ1v) is 7.12. The first kappa shape index (κ1) is 12.6. The molecular formula is C17H12O2S. The second kappa shape index (κ2) is 5.72. The molecule has 0 N–H and O–H groups in total. The summed E-state index contributed by atoms with van der Waals surface area (Å²) in [7, 11) is 0. The molecule has 2 nitrogen and oxygen atoms in total. The molecule has 3 aromatic rings. The number of hydrogen-bond acceptors (Lipinski definition) is 3. The van der Waals surface area contributed by atoms with Crippen molar-refractivity contribution in [2.75, 3.05) is 0 Å². The molecule has 0 bridgehead atoms. The van der Waals surface area contributed by atoms with Gasteiger partial charge in [0.25, 0.3) is 0 Å². The number of hydrogen-bond donors (Lipinski definition) is 0. The topological polar surface area (TPSA) is 26.3 Å². The van der Waals surface area contributed by atoms with Crippen molar-refractivity contribution in [3.05, 3.63) is 77.0 Å². The van der Waals surface area contributed by atoms with Gasteiger partial charge in [0.1, 0.15) is 10.6 Å². The summed E-state index contributed by atoms with van der Waals surface area (Å²) in [5, 5.41) is 1.86. The van der Waals surface area contributed by atoms with Crippen LogP contribution in [0.25, 0.3) is 11.1 Å². The van der Waals surface area contributed by atoms with E-state index in [1.807, 2.05) is 66.0 Å². The van der Waals surface area contributed by atoms with Crippen molar-refractivity contribution in [3.8, 4) is 16.9 Å². The van der Waals surface area contributed by atoms with E-state index in [-0.39, 0.29) is 5.97 Å². The molecule has 1 aromatic heterocycles. The van der Waals surface area contributed by atoms with Crippen LogP contribution >= 0.6 is 11.3 Å². The maximum absolute atomic E-state index is 11.8. The molecule has 3 rings (SSSR count). The minimum absolute atomic E-state index is 0.313. The minimum Gasteiger partial charge on any atom is -0.422 e. The van der Waals surface area contributed by atoms with E-state index in [2.05, 4.69) is 0 Å². The number of carbonyl (C=O) groups is 1. The summed E-state index contributed by atoms with van der Waals surface area (Å²) in [6.45, 7) is 0. The molecule has 0 radical (unpaired) electrons. The molecule has 0 aliphatic rings. The Hall–Kier alpha value is -2.39. The van der Waals surface area contributed by atoms with Crippen molar-refractivity contribution in [3.63, 3.8) is 0 Å². The zero-order valence-corrected chi connectivity index (χ0v) is 11.5. The van der Waals surface area contributed by atoms with Gasteiger partial charge in [-0.05, 0) is 34.7 Å². The van der Waals surface area contributed by atoms with Crippen molar-refractivity contribution < 1.29 is 9.53 Å². The standard InChI is InChI=1S/C17H12O2S/c18-17(16-7-4-12-20-16)19-15-10-8-14(9-11-15)13-5-2-1-3-6-13/h1-12H. The summed E-state index contributed by atoms with van der Waals surface area (Å²) in [6.07, 6.45) is 0. The van der Waals surface area contributed by atoms with E-state index in [0.29, 0.717) is 10.6 Å². The number of esters is 1. The molecule has 0 aliphatic heterocycles. The normalized spacial score (nSPS) is 10.2. The number of thiophene rings is 1. The van der Waals surface area contributed by atoms with Gasteiger partial charge in [0.15, 0.2) is 0 Å². The minimum atomic E-state index is -0.313. The number of carbonyl (C=O) groups excluding carboxylic acids is 1. The highest BCUT2D eigenvalue weighted by Crippen LogP contribution is 2.23. The highest BCUT2D eigenvalue weighted by Gasteiger charge is 2.09. The van der Waals surface area contributed by atoms with Gasteiger partial charge in [0.2, 0.25) is 0 Å². The van der Waals surface area contributed by atoms with E-state index < -0.39 is 0 Å². The Morgan fingerprint density at radius 2 is 1.50 bits per heavy atom. The monoisotopic (exact) mass is 280 g/mol. The van der Waals surface area contributed by atoms with Crippen molar-refractivity contribution >= 4 is 17.3 Å². The molecule has 0 fully saturated rings. The molecule has 0 saturated carbocycles. The Balaban J connectivity index is 1.75. The SMILES string of the molecule is O=C(Oc1ccc(-c2ccccc2)cc1)c1cccs1. The van der Waals surface area contributed by atoms with E-state index in [9.17, 15) is 4.79 Å². The average molecular weight is 280 g/mol. The molecule has 0 amide bonds. The Kier molecular flexibility index (Phi) is 3.61. The van der Waals surface area contributed by atoms with Crippen LogP contribution in [0, 0.1) is 0 Å². The molecular weight excluding hydrogens is 268 g/mol. The van der Waals surface area contributed by atoms with Gasteiger partial charge in [-0.1, -0.05) is 48.5 Å². The van der Waals surface area contributed by atoms with Crippen LogP contribution < -0.4 is 4.74 Å². The fraction of sp³-hybridized carbons (Fsp3) is 0. The van der Waals surface area contributed by atoms with Crippen LogP contribution in [-0.2, 0) is 0 Å². The highest BCUT2D eigenvalue weighted by atomic mass is 32.1. The van der Waals surface area contributed by atoms with Crippen molar-refractivity contribution in [2.45, 2.75) is 0 Å². The average Bonchev–Trinajstić information content (AvgIpc) is 3.03. The largest absolute Gasteiger partial charge is 0.422 e. The molecule has 0 spiro atoms. The highest BCUT2D eigenvalue weighted by molar-refractivity contribution is 7.12.